The smallest absolute Gasteiger partial charge is 0.194 e. The summed E-state index contributed by atoms with van der Waals surface area (Å²) in [5, 5.41) is 4.02. The SMILES string of the molecule is C=C1CCc2onc(-c3ccccc3)c2C1=O. The van der Waals surface area contributed by atoms with Crippen LogP contribution in [0.15, 0.2) is 47.0 Å². The van der Waals surface area contributed by atoms with E-state index in [9.17, 15) is 4.79 Å². The Kier molecular flexibility index (Phi) is 2.18. The number of rotatable bonds is 1. The second kappa shape index (κ2) is 3.70. The van der Waals surface area contributed by atoms with Crippen molar-refractivity contribution < 1.29 is 9.32 Å². The average molecular weight is 225 g/mol. The highest BCUT2D eigenvalue weighted by Crippen LogP contribution is 2.32. The summed E-state index contributed by atoms with van der Waals surface area (Å²) in [7, 11) is 0. The first-order valence-electron chi connectivity index (χ1n) is 5.54. The summed E-state index contributed by atoms with van der Waals surface area (Å²) >= 11 is 0. The molecule has 1 aromatic heterocycles. The predicted molar refractivity (Wildman–Crippen MR) is 63.7 cm³/mol. The first-order chi connectivity index (χ1) is 8.27. The van der Waals surface area contributed by atoms with Crippen LogP contribution in [0, 0.1) is 0 Å². The van der Waals surface area contributed by atoms with E-state index in [2.05, 4.69) is 11.7 Å². The molecule has 0 aliphatic heterocycles. The van der Waals surface area contributed by atoms with Crippen molar-refractivity contribution in [3.05, 3.63) is 53.8 Å². The molecule has 0 saturated heterocycles. The van der Waals surface area contributed by atoms with Gasteiger partial charge < -0.3 is 4.52 Å². The largest absolute Gasteiger partial charge is 0.360 e. The maximum Gasteiger partial charge on any atom is 0.194 e. The van der Waals surface area contributed by atoms with Gasteiger partial charge in [-0.15, -0.1) is 0 Å². The van der Waals surface area contributed by atoms with Crippen LogP contribution in [-0.4, -0.2) is 10.9 Å². The van der Waals surface area contributed by atoms with Crippen LogP contribution in [0.1, 0.15) is 22.5 Å². The fourth-order valence-corrected chi connectivity index (χ4v) is 2.08. The van der Waals surface area contributed by atoms with Gasteiger partial charge >= 0.3 is 0 Å². The predicted octanol–water partition coefficient (Wildman–Crippen LogP) is 3.03. The third-order valence-corrected chi connectivity index (χ3v) is 3.01. The minimum atomic E-state index is -0.0358. The van der Waals surface area contributed by atoms with Crippen LogP contribution in [0.2, 0.25) is 0 Å². The Bertz CT molecular complexity index is 596. The summed E-state index contributed by atoms with van der Waals surface area (Å²) < 4.78 is 5.25. The van der Waals surface area contributed by atoms with Gasteiger partial charge in [0.2, 0.25) is 0 Å². The summed E-state index contributed by atoms with van der Waals surface area (Å²) in [6, 6.07) is 9.60. The third-order valence-electron chi connectivity index (χ3n) is 3.01. The van der Waals surface area contributed by atoms with E-state index in [1.807, 2.05) is 30.3 Å². The highest BCUT2D eigenvalue weighted by atomic mass is 16.5. The van der Waals surface area contributed by atoms with E-state index in [1.54, 1.807) is 0 Å². The quantitative estimate of drug-likeness (QED) is 0.700. The summed E-state index contributed by atoms with van der Waals surface area (Å²) in [4.78, 5) is 12.1. The number of nitrogens with zero attached hydrogens (tertiary/aromatic N) is 1. The molecule has 0 fully saturated rings. The van der Waals surface area contributed by atoms with Crippen LogP contribution in [0.3, 0.4) is 0 Å². The van der Waals surface area contributed by atoms with Crippen LogP contribution < -0.4 is 0 Å². The molecule has 3 rings (SSSR count). The standard InChI is InChI=1S/C14H11NO2/c1-9-7-8-11-12(14(9)16)13(15-17-11)10-5-3-2-4-6-10/h2-6H,1,7-8H2. The molecule has 0 amide bonds. The number of ketones is 1. The van der Waals surface area contributed by atoms with Gasteiger partial charge in [0.25, 0.3) is 0 Å². The molecule has 3 nitrogen and oxygen atoms in total. The Hall–Kier alpha value is -2.16. The molecule has 1 aliphatic carbocycles. The van der Waals surface area contributed by atoms with Gasteiger partial charge in [0.1, 0.15) is 11.5 Å². The molecule has 0 spiro atoms. The molecule has 17 heavy (non-hydrogen) atoms. The van der Waals surface area contributed by atoms with Crippen LogP contribution in [0.4, 0.5) is 0 Å². The minimum absolute atomic E-state index is 0.0358. The van der Waals surface area contributed by atoms with Gasteiger partial charge in [-0.2, -0.15) is 0 Å². The molecule has 1 heterocycles. The number of Topliss-reactive ketones (excluding diaryl/α,β-unsaturated/α-hetero) is 1. The lowest BCUT2D eigenvalue weighted by molar-refractivity contribution is 0.102. The number of aromatic nitrogens is 1. The van der Waals surface area contributed by atoms with E-state index in [-0.39, 0.29) is 5.78 Å². The van der Waals surface area contributed by atoms with E-state index < -0.39 is 0 Å². The van der Waals surface area contributed by atoms with Gasteiger partial charge in [-0.25, -0.2) is 0 Å². The molecule has 2 aromatic rings. The first kappa shape index (κ1) is 10.0. The lowest BCUT2D eigenvalue weighted by Crippen LogP contribution is -2.12. The number of carbonyl (C=O) groups excluding carboxylic acids is 1. The van der Waals surface area contributed by atoms with Gasteiger partial charge in [0, 0.05) is 12.0 Å². The highest BCUT2D eigenvalue weighted by molar-refractivity contribution is 6.13. The van der Waals surface area contributed by atoms with Crippen molar-refractivity contribution in [1.29, 1.82) is 0 Å². The molecule has 0 saturated carbocycles. The Morgan fingerprint density at radius 1 is 1.18 bits per heavy atom. The van der Waals surface area contributed by atoms with Crippen molar-refractivity contribution in [2.45, 2.75) is 12.8 Å². The zero-order valence-corrected chi connectivity index (χ0v) is 9.27. The maximum atomic E-state index is 12.1. The van der Waals surface area contributed by atoms with E-state index in [0.29, 0.717) is 35.4 Å². The molecule has 3 heteroatoms. The van der Waals surface area contributed by atoms with E-state index in [0.717, 1.165) is 5.56 Å². The van der Waals surface area contributed by atoms with Crippen LogP contribution in [-0.2, 0) is 6.42 Å². The number of allylic oxidation sites excluding steroid dienone is 1. The van der Waals surface area contributed by atoms with Crippen molar-refractivity contribution in [1.82, 2.24) is 5.16 Å². The third kappa shape index (κ3) is 1.51. The number of aryl methyl sites for hydroxylation is 1. The van der Waals surface area contributed by atoms with E-state index >= 15 is 0 Å². The fraction of sp³-hybridized carbons (Fsp3) is 0.143. The van der Waals surface area contributed by atoms with Crippen molar-refractivity contribution in [3.63, 3.8) is 0 Å². The Balaban J connectivity index is 2.18. The van der Waals surface area contributed by atoms with Gasteiger partial charge in [-0.3, -0.25) is 4.79 Å². The van der Waals surface area contributed by atoms with Crippen LogP contribution in [0.5, 0.6) is 0 Å². The fourth-order valence-electron chi connectivity index (χ4n) is 2.08. The molecule has 1 aliphatic rings. The van der Waals surface area contributed by atoms with Crippen LogP contribution in [0.25, 0.3) is 11.3 Å². The zero-order chi connectivity index (χ0) is 11.8. The molecule has 0 N–H and O–H groups in total. The topological polar surface area (TPSA) is 43.1 Å². The minimum Gasteiger partial charge on any atom is -0.360 e. The molecule has 84 valence electrons. The summed E-state index contributed by atoms with van der Waals surface area (Å²) in [6.07, 6.45) is 1.37. The van der Waals surface area contributed by atoms with Crippen LogP contribution >= 0.6 is 0 Å². The lowest BCUT2D eigenvalue weighted by atomic mass is 9.90. The average Bonchev–Trinajstić information content (AvgIpc) is 2.79. The second-order valence-electron chi connectivity index (χ2n) is 4.13. The zero-order valence-electron chi connectivity index (χ0n) is 9.27. The van der Waals surface area contributed by atoms with Crippen molar-refractivity contribution >= 4 is 5.78 Å². The van der Waals surface area contributed by atoms with Gasteiger partial charge in [-0.1, -0.05) is 42.1 Å². The monoisotopic (exact) mass is 225 g/mol. The maximum absolute atomic E-state index is 12.1. The summed E-state index contributed by atoms with van der Waals surface area (Å²) in [5.74, 6) is 0.646. The first-order valence-corrected chi connectivity index (χ1v) is 5.54. The van der Waals surface area contributed by atoms with Gasteiger partial charge in [0.05, 0.1) is 5.56 Å². The number of hydrogen-bond donors (Lipinski definition) is 0. The number of fused-ring (bicyclic) bond motifs is 1. The van der Waals surface area contributed by atoms with Crippen molar-refractivity contribution in [3.8, 4) is 11.3 Å². The summed E-state index contributed by atoms with van der Waals surface area (Å²) in [5.41, 5.74) is 2.76. The molecule has 0 atom stereocenters. The normalized spacial score (nSPS) is 14.8. The van der Waals surface area contributed by atoms with E-state index in [1.165, 1.54) is 0 Å². The van der Waals surface area contributed by atoms with Gasteiger partial charge in [0.15, 0.2) is 5.78 Å². The molecule has 1 aromatic carbocycles. The number of benzene rings is 1. The summed E-state index contributed by atoms with van der Waals surface area (Å²) in [6.45, 7) is 3.79. The second-order valence-corrected chi connectivity index (χ2v) is 4.13. The highest BCUT2D eigenvalue weighted by Gasteiger charge is 2.29. The number of carbonyl (C=O) groups is 1. The molecular weight excluding hydrogens is 214 g/mol. The Morgan fingerprint density at radius 3 is 2.71 bits per heavy atom. The van der Waals surface area contributed by atoms with Crippen molar-refractivity contribution in [2.24, 2.45) is 0 Å². The lowest BCUT2D eigenvalue weighted by Gasteiger charge is -2.10. The van der Waals surface area contributed by atoms with Crippen molar-refractivity contribution in [2.75, 3.05) is 0 Å². The molecular formula is C14H11NO2. The van der Waals surface area contributed by atoms with Gasteiger partial charge in [-0.05, 0) is 12.0 Å². The molecule has 0 unspecified atom stereocenters. The number of hydrogen-bond acceptors (Lipinski definition) is 3. The Labute approximate surface area is 98.7 Å². The van der Waals surface area contributed by atoms with E-state index in [4.69, 9.17) is 4.52 Å². The Morgan fingerprint density at radius 2 is 1.94 bits per heavy atom. The molecule has 0 bridgehead atoms. The molecule has 0 radical (unpaired) electrons.